The number of aryl methyl sites for hydroxylation is 3. The molecule has 6 nitrogen and oxygen atoms in total. The van der Waals surface area contributed by atoms with Crippen LogP contribution in [0.15, 0.2) is 77.3 Å². The van der Waals surface area contributed by atoms with Gasteiger partial charge in [-0.1, -0.05) is 65.8 Å². The second kappa shape index (κ2) is 11.0. The third-order valence-electron chi connectivity index (χ3n) is 7.48. The van der Waals surface area contributed by atoms with Crippen molar-refractivity contribution in [2.45, 2.75) is 33.2 Å². The van der Waals surface area contributed by atoms with Crippen molar-refractivity contribution in [1.82, 2.24) is 10.1 Å². The molecule has 1 atom stereocenters. The Morgan fingerprint density at radius 3 is 2.34 bits per heavy atom. The smallest absolute Gasteiger partial charge is 0.172 e. The van der Waals surface area contributed by atoms with E-state index in [1.54, 1.807) is 13.8 Å². The molecular weight excluding hydrogens is 472 g/mol. The lowest BCUT2D eigenvalue weighted by atomic mass is 9.93. The molecule has 5 rings (SSSR count). The molecule has 0 radical (unpaired) electrons. The van der Waals surface area contributed by atoms with Crippen LogP contribution in [-0.4, -0.2) is 42.0 Å². The first-order valence-electron chi connectivity index (χ1n) is 13.0. The minimum atomic E-state index is -0.0466. The van der Waals surface area contributed by atoms with Crippen LogP contribution in [0, 0.1) is 32.1 Å². The molecule has 3 aromatic carbocycles. The third-order valence-corrected chi connectivity index (χ3v) is 7.48. The summed E-state index contributed by atoms with van der Waals surface area (Å²) in [5.74, 6) is 0.483. The van der Waals surface area contributed by atoms with Gasteiger partial charge in [-0.3, -0.25) is 9.69 Å². The van der Waals surface area contributed by atoms with Crippen LogP contribution in [0.5, 0.6) is 0 Å². The zero-order valence-corrected chi connectivity index (χ0v) is 22.1. The third kappa shape index (κ3) is 5.11. The van der Waals surface area contributed by atoms with E-state index in [4.69, 9.17) is 4.52 Å². The molecule has 0 aliphatic carbocycles. The molecule has 0 bridgehead atoms. The molecule has 0 saturated carbocycles. The van der Waals surface area contributed by atoms with E-state index >= 15 is 0 Å². The number of Topliss-reactive ketones (excluding diaryl/α,β-unsaturated/α-hetero) is 1. The van der Waals surface area contributed by atoms with Crippen molar-refractivity contribution in [3.63, 3.8) is 0 Å². The lowest BCUT2D eigenvalue weighted by Crippen LogP contribution is -2.48. The Hall–Kier alpha value is -4.21. The van der Waals surface area contributed by atoms with Gasteiger partial charge in [-0.05, 0) is 55.2 Å². The van der Waals surface area contributed by atoms with Gasteiger partial charge in [0, 0.05) is 32.6 Å². The number of carbonyl (C=O) groups is 1. The van der Waals surface area contributed by atoms with Crippen LogP contribution < -0.4 is 4.90 Å². The number of aromatic nitrogens is 1. The topological polar surface area (TPSA) is 73.4 Å². The fourth-order valence-corrected chi connectivity index (χ4v) is 5.55. The van der Waals surface area contributed by atoms with E-state index in [1.165, 1.54) is 16.7 Å². The molecule has 2 heterocycles. The number of hydrogen-bond donors (Lipinski definition) is 0. The second-order valence-corrected chi connectivity index (χ2v) is 9.96. The zero-order chi connectivity index (χ0) is 26.6. The molecule has 38 heavy (non-hydrogen) atoms. The number of carbonyl (C=O) groups excluding carboxylic acids is 1. The van der Waals surface area contributed by atoms with E-state index in [-0.39, 0.29) is 18.2 Å². The van der Waals surface area contributed by atoms with E-state index in [2.05, 4.69) is 82.5 Å². The van der Waals surface area contributed by atoms with Crippen molar-refractivity contribution in [2.24, 2.45) is 0 Å². The highest BCUT2D eigenvalue weighted by Crippen LogP contribution is 2.33. The lowest BCUT2D eigenvalue weighted by molar-refractivity contribution is 0.0991. The van der Waals surface area contributed by atoms with Gasteiger partial charge in [0.15, 0.2) is 5.78 Å². The normalized spacial score (nSPS) is 14.7. The first-order chi connectivity index (χ1) is 18.5. The van der Waals surface area contributed by atoms with Crippen molar-refractivity contribution >= 4 is 11.5 Å². The minimum absolute atomic E-state index is 0.0466. The van der Waals surface area contributed by atoms with E-state index in [9.17, 15) is 10.1 Å². The Labute approximate surface area is 224 Å². The molecular formula is C32H32N4O2. The Morgan fingerprint density at radius 1 is 0.974 bits per heavy atom. The van der Waals surface area contributed by atoms with Crippen LogP contribution in [-0.2, 0) is 6.42 Å². The number of ketones is 1. The maximum atomic E-state index is 12.9. The van der Waals surface area contributed by atoms with E-state index < -0.39 is 0 Å². The number of anilines is 1. The van der Waals surface area contributed by atoms with Crippen molar-refractivity contribution in [3.05, 3.63) is 118 Å². The van der Waals surface area contributed by atoms with Crippen molar-refractivity contribution < 1.29 is 9.32 Å². The van der Waals surface area contributed by atoms with Gasteiger partial charge in [-0.25, -0.2) is 0 Å². The van der Waals surface area contributed by atoms with Crippen molar-refractivity contribution in [1.29, 1.82) is 5.26 Å². The van der Waals surface area contributed by atoms with Crippen LogP contribution in [0.25, 0.3) is 0 Å². The Morgan fingerprint density at radius 2 is 1.68 bits per heavy atom. The Balaban J connectivity index is 1.33. The van der Waals surface area contributed by atoms with Crippen molar-refractivity contribution in [3.8, 4) is 6.07 Å². The molecule has 0 N–H and O–H groups in total. The molecule has 1 aromatic heterocycles. The van der Waals surface area contributed by atoms with Crippen LogP contribution in [0.2, 0.25) is 0 Å². The number of nitriles is 1. The van der Waals surface area contributed by atoms with Crippen molar-refractivity contribution in [2.75, 3.05) is 31.1 Å². The predicted molar refractivity (Wildman–Crippen MR) is 148 cm³/mol. The van der Waals surface area contributed by atoms with E-state index in [0.29, 0.717) is 22.6 Å². The molecule has 4 aromatic rings. The fraction of sp³-hybridized carbons (Fsp3) is 0.281. The highest BCUT2D eigenvalue weighted by molar-refractivity contribution is 5.99. The standard InChI is InChI=1S/C32H32N4O2/c1-22-9-7-8-12-28(22)32(26-10-5-4-6-11-26)36-17-15-35(16-18-36)29-14-13-25(19-27(29)21-33)20-30(37)31-23(2)34-38-24(31)3/h4-14,19,32H,15-18,20H2,1-3H3. The Bertz CT molecular complexity index is 1460. The van der Waals surface area contributed by atoms with Gasteiger partial charge in [0.1, 0.15) is 11.8 Å². The maximum absolute atomic E-state index is 12.9. The quantitative estimate of drug-likeness (QED) is 0.296. The van der Waals surface area contributed by atoms with Crippen LogP contribution >= 0.6 is 0 Å². The predicted octanol–water partition coefficient (Wildman–Crippen LogP) is 5.81. The molecule has 1 aliphatic rings. The first kappa shape index (κ1) is 25.4. The molecule has 192 valence electrons. The fourth-order valence-electron chi connectivity index (χ4n) is 5.55. The highest BCUT2D eigenvalue weighted by atomic mass is 16.5. The van der Waals surface area contributed by atoms with Gasteiger partial charge in [0.05, 0.1) is 28.6 Å². The summed E-state index contributed by atoms with van der Waals surface area (Å²) >= 11 is 0. The summed E-state index contributed by atoms with van der Waals surface area (Å²) in [6.07, 6.45) is 0.209. The zero-order valence-electron chi connectivity index (χ0n) is 22.1. The highest BCUT2D eigenvalue weighted by Gasteiger charge is 2.28. The molecule has 1 unspecified atom stereocenters. The van der Waals surface area contributed by atoms with E-state index in [1.807, 2.05) is 18.2 Å². The number of piperazine rings is 1. The molecule has 0 amide bonds. The first-order valence-corrected chi connectivity index (χ1v) is 13.0. The van der Waals surface area contributed by atoms with Crippen LogP contribution in [0.4, 0.5) is 5.69 Å². The van der Waals surface area contributed by atoms with Gasteiger partial charge >= 0.3 is 0 Å². The Kier molecular flexibility index (Phi) is 7.39. The average molecular weight is 505 g/mol. The summed E-state index contributed by atoms with van der Waals surface area (Å²) < 4.78 is 5.15. The summed E-state index contributed by atoms with van der Waals surface area (Å²) in [6, 6.07) is 27.6. The van der Waals surface area contributed by atoms with Gasteiger partial charge in [0.2, 0.25) is 0 Å². The number of rotatable bonds is 7. The molecule has 1 saturated heterocycles. The number of hydrogen-bond acceptors (Lipinski definition) is 6. The van der Waals surface area contributed by atoms with Crippen LogP contribution in [0.1, 0.15) is 55.7 Å². The van der Waals surface area contributed by atoms with Crippen LogP contribution in [0.3, 0.4) is 0 Å². The average Bonchev–Trinajstić information content (AvgIpc) is 3.28. The van der Waals surface area contributed by atoms with E-state index in [0.717, 1.165) is 37.4 Å². The molecule has 1 fully saturated rings. The molecule has 6 heteroatoms. The summed E-state index contributed by atoms with van der Waals surface area (Å²) in [7, 11) is 0. The maximum Gasteiger partial charge on any atom is 0.172 e. The van der Waals surface area contributed by atoms with Gasteiger partial charge in [0.25, 0.3) is 0 Å². The molecule has 1 aliphatic heterocycles. The second-order valence-electron chi connectivity index (χ2n) is 9.96. The monoisotopic (exact) mass is 504 g/mol. The number of benzene rings is 3. The summed E-state index contributed by atoms with van der Waals surface area (Å²) in [5.41, 5.74) is 7.38. The summed E-state index contributed by atoms with van der Waals surface area (Å²) in [5, 5.41) is 13.8. The largest absolute Gasteiger partial charge is 0.368 e. The minimum Gasteiger partial charge on any atom is -0.368 e. The van der Waals surface area contributed by atoms with Gasteiger partial charge < -0.3 is 9.42 Å². The number of nitrogens with zero attached hydrogens (tertiary/aromatic N) is 4. The lowest BCUT2D eigenvalue weighted by Gasteiger charge is -2.41. The summed E-state index contributed by atoms with van der Waals surface area (Å²) in [4.78, 5) is 17.7. The van der Waals surface area contributed by atoms with Gasteiger partial charge in [-0.15, -0.1) is 0 Å². The van der Waals surface area contributed by atoms with Gasteiger partial charge in [-0.2, -0.15) is 5.26 Å². The summed E-state index contributed by atoms with van der Waals surface area (Å²) in [6.45, 7) is 9.10. The molecule has 0 spiro atoms. The SMILES string of the molecule is Cc1ccccc1C(c1ccccc1)N1CCN(c2ccc(CC(=O)c3c(C)noc3C)cc2C#N)CC1.